The molecule has 0 aliphatic carbocycles. The number of ketones is 2. The van der Waals surface area contributed by atoms with Crippen molar-refractivity contribution < 1.29 is 34.1 Å². The number of benzene rings is 1. The number of aliphatic carboxylic acids is 1. The zero-order valence-corrected chi connectivity index (χ0v) is 17.6. The van der Waals surface area contributed by atoms with Gasteiger partial charge in [-0.05, 0) is 44.4 Å². The number of ether oxygens (including phenoxy) is 1. The molecule has 1 atom stereocenters. The van der Waals surface area contributed by atoms with Crippen LogP contribution < -0.4 is 4.74 Å². The van der Waals surface area contributed by atoms with Crippen LogP contribution in [0.2, 0.25) is 0 Å². The molecule has 1 unspecified atom stereocenters. The molecule has 0 saturated heterocycles. The number of aromatic carboxylic acids is 1. The highest BCUT2D eigenvalue weighted by Crippen LogP contribution is 2.17. The molecular weight excluding hydrogens is 388 g/mol. The molecule has 1 rings (SSSR count). The molecule has 7 heteroatoms. The van der Waals surface area contributed by atoms with Gasteiger partial charge in [0.1, 0.15) is 17.3 Å². The van der Waals surface area contributed by atoms with Gasteiger partial charge in [-0.2, -0.15) is 0 Å². The van der Waals surface area contributed by atoms with Gasteiger partial charge in [0.05, 0.1) is 18.1 Å². The zero-order valence-electron chi connectivity index (χ0n) is 17.6. The monoisotopic (exact) mass is 420 g/mol. The predicted molar refractivity (Wildman–Crippen MR) is 112 cm³/mol. The first kappa shape index (κ1) is 25.3. The molecule has 0 aromatic heterocycles. The van der Waals surface area contributed by atoms with E-state index in [2.05, 4.69) is 0 Å². The van der Waals surface area contributed by atoms with Crippen LogP contribution in [-0.4, -0.2) is 40.3 Å². The van der Waals surface area contributed by atoms with Crippen LogP contribution in [0.4, 0.5) is 0 Å². The fraction of sp³-hybridized carbons (Fsp3) is 0.565. The first-order chi connectivity index (χ1) is 14.3. The van der Waals surface area contributed by atoms with E-state index in [4.69, 9.17) is 14.9 Å². The van der Waals surface area contributed by atoms with Crippen LogP contribution in [0.3, 0.4) is 0 Å². The van der Waals surface area contributed by atoms with Crippen LogP contribution in [0.1, 0.15) is 81.5 Å². The summed E-state index contributed by atoms with van der Waals surface area (Å²) in [6.45, 7) is 1.95. The van der Waals surface area contributed by atoms with E-state index in [9.17, 15) is 19.2 Å². The summed E-state index contributed by atoms with van der Waals surface area (Å²) in [5.41, 5.74) is 0.204. The van der Waals surface area contributed by atoms with Crippen LogP contribution in [0.25, 0.3) is 0 Å². The quantitative estimate of drug-likeness (QED) is 0.356. The average molecular weight is 421 g/mol. The van der Waals surface area contributed by atoms with Gasteiger partial charge in [-0.3, -0.25) is 9.59 Å². The van der Waals surface area contributed by atoms with Crippen LogP contribution in [-0.2, 0) is 14.4 Å². The van der Waals surface area contributed by atoms with Gasteiger partial charge < -0.3 is 19.7 Å². The van der Waals surface area contributed by atoms with Gasteiger partial charge in [0, 0.05) is 19.3 Å². The zero-order chi connectivity index (χ0) is 22.4. The number of rotatable bonds is 17. The summed E-state index contributed by atoms with van der Waals surface area (Å²) in [4.78, 5) is 45.1. The molecule has 30 heavy (non-hydrogen) atoms. The Morgan fingerprint density at radius 3 is 2.23 bits per heavy atom. The Labute approximate surface area is 177 Å². The number of hydrogen-bond donors (Lipinski definition) is 2. The third kappa shape index (κ3) is 11.3. The fourth-order valence-electron chi connectivity index (χ4n) is 3.11. The van der Waals surface area contributed by atoms with Gasteiger partial charge in [0.15, 0.2) is 0 Å². The number of unbranched alkanes of at least 4 members (excludes halogenated alkanes) is 5. The third-order valence-electron chi connectivity index (χ3n) is 4.87. The summed E-state index contributed by atoms with van der Waals surface area (Å²) >= 11 is 0. The normalized spacial score (nSPS) is 11.6. The number of carbonyl (C=O) groups is 4. The van der Waals surface area contributed by atoms with Gasteiger partial charge in [-0.15, -0.1) is 0 Å². The SMILES string of the molecule is CC(=O)CCC(CC(=O)CCCCCCCCOc1cccc(C(=O)O)c1)C(=O)O. The molecule has 0 aliphatic rings. The summed E-state index contributed by atoms with van der Waals surface area (Å²) in [5.74, 6) is -2.32. The number of carboxylic acids is 2. The standard InChI is InChI=1S/C23H32O7/c1-17(24)12-13-19(23(28)29)15-20(25)10-6-4-2-3-5-7-14-30-21-11-8-9-18(16-21)22(26)27/h8-9,11,16,19H,2-7,10,12-15H2,1H3,(H,26,27)(H,28,29). The minimum absolute atomic E-state index is 0.00301. The van der Waals surface area contributed by atoms with Crippen molar-refractivity contribution in [1.29, 1.82) is 0 Å². The van der Waals surface area contributed by atoms with E-state index in [0.717, 1.165) is 38.5 Å². The van der Waals surface area contributed by atoms with E-state index < -0.39 is 17.9 Å². The van der Waals surface area contributed by atoms with Crippen LogP contribution >= 0.6 is 0 Å². The van der Waals surface area contributed by atoms with Crippen LogP contribution in [0, 0.1) is 5.92 Å². The molecule has 7 nitrogen and oxygen atoms in total. The lowest BCUT2D eigenvalue weighted by Gasteiger charge is -2.10. The van der Waals surface area contributed by atoms with E-state index in [1.165, 1.54) is 19.1 Å². The van der Waals surface area contributed by atoms with Crippen molar-refractivity contribution in [1.82, 2.24) is 0 Å². The van der Waals surface area contributed by atoms with Crippen molar-refractivity contribution >= 4 is 23.5 Å². The van der Waals surface area contributed by atoms with E-state index >= 15 is 0 Å². The van der Waals surface area contributed by atoms with Gasteiger partial charge in [-0.25, -0.2) is 4.79 Å². The summed E-state index contributed by atoms with van der Waals surface area (Å²) in [7, 11) is 0. The average Bonchev–Trinajstić information content (AvgIpc) is 2.69. The molecule has 2 N–H and O–H groups in total. The number of Topliss-reactive ketones (excluding diaryl/α,β-unsaturated/α-hetero) is 2. The van der Waals surface area contributed by atoms with Crippen molar-refractivity contribution in [2.75, 3.05) is 6.61 Å². The maximum atomic E-state index is 12.0. The molecule has 0 spiro atoms. The van der Waals surface area contributed by atoms with Gasteiger partial charge in [0.25, 0.3) is 0 Å². The fourth-order valence-corrected chi connectivity index (χ4v) is 3.11. The number of carbonyl (C=O) groups excluding carboxylic acids is 2. The van der Waals surface area contributed by atoms with Crippen LogP contribution in [0.15, 0.2) is 24.3 Å². The largest absolute Gasteiger partial charge is 0.494 e. The summed E-state index contributed by atoms with van der Waals surface area (Å²) in [5, 5.41) is 18.1. The van der Waals surface area contributed by atoms with E-state index in [1.54, 1.807) is 12.1 Å². The van der Waals surface area contributed by atoms with Crippen molar-refractivity contribution in [3.8, 4) is 5.75 Å². The van der Waals surface area contributed by atoms with E-state index in [-0.39, 0.29) is 36.4 Å². The Hall–Kier alpha value is -2.70. The molecule has 0 bridgehead atoms. The second-order valence-corrected chi connectivity index (χ2v) is 7.57. The predicted octanol–water partition coefficient (Wildman–Crippen LogP) is 4.52. The number of hydrogen-bond acceptors (Lipinski definition) is 5. The molecule has 1 aromatic carbocycles. The number of carboxylic acid groups (broad SMARTS) is 2. The Kier molecular flexibility index (Phi) is 12.1. The second kappa shape index (κ2) is 14.3. The smallest absolute Gasteiger partial charge is 0.335 e. The van der Waals surface area contributed by atoms with Crippen molar-refractivity contribution in [3.05, 3.63) is 29.8 Å². The lowest BCUT2D eigenvalue weighted by Crippen LogP contribution is -2.18. The van der Waals surface area contributed by atoms with Gasteiger partial charge in [-0.1, -0.05) is 31.7 Å². The molecule has 166 valence electrons. The van der Waals surface area contributed by atoms with Gasteiger partial charge >= 0.3 is 11.9 Å². The lowest BCUT2D eigenvalue weighted by molar-refractivity contribution is -0.144. The van der Waals surface area contributed by atoms with E-state index in [0.29, 0.717) is 18.8 Å². The maximum Gasteiger partial charge on any atom is 0.335 e. The minimum atomic E-state index is -1.01. The van der Waals surface area contributed by atoms with Crippen LogP contribution in [0.5, 0.6) is 5.75 Å². The van der Waals surface area contributed by atoms with Crippen molar-refractivity contribution in [3.63, 3.8) is 0 Å². The lowest BCUT2D eigenvalue weighted by atomic mass is 9.94. The summed E-state index contributed by atoms with van der Waals surface area (Å²) in [6.07, 6.45) is 6.33. The Balaban J connectivity index is 2.07. The maximum absolute atomic E-state index is 12.0. The Bertz CT molecular complexity index is 711. The van der Waals surface area contributed by atoms with Gasteiger partial charge in [0.2, 0.25) is 0 Å². The van der Waals surface area contributed by atoms with Crippen molar-refractivity contribution in [2.45, 2.75) is 71.1 Å². The highest BCUT2D eigenvalue weighted by molar-refractivity contribution is 5.88. The van der Waals surface area contributed by atoms with Crippen molar-refractivity contribution in [2.24, 2.45) is 5.92 Å². The molecule has 0 aliphatic heterocycles. The first-order valence-corrected chi connectivity index (χ1v) is 10.5. The Morgan fingerprint density at radius 1 is 0.933 bits per heavy atom. The topological polar surface area (TPSA) is 118 Å². The molecule has 0 saturated carbocycles. The highest BCUT2D eigenvalue weighted by atomic mass is 16.5. The summed E-state index contributed by atoms with van der Waals surface area (Å²) < 4.78 is 5.57. The molecular formula is C23H32O7. The van der Waals surface area contributed by atoms with E-state index in [1.807, 2.05) is 0 Å². The molecule has 1 aromatic rings. The molecule has 0 heterocycles. The minimum Gasteiger partial charge on any atom is -0.494 e. The molecule has 0 radical (unpaired) electrons. The Morgan fingerprint density at radius 2 is 1.60 bits per heavy atom. The highest BCUT2D eigenvalue weighted by Gasteiger charge is 2.21. The molecule has 0 amide bonds. The first-order valence-electron chi connectivity index (χ1n) is 10.5. The second-order valence-electron chi connectivity index (χ2n) is 7.57. The summed E-state index contributed by atoms with van der Waals surface area (Å²) in [6, 6.07) is 6.42. The third-order valence-corrected chi connectivity index (χ3v) is 4.87. The molecule has 0 fully saturated rings.